The third-order valence-corrected chi connectivity index (χ3v) is 4.50. The van der Waals surface area contributed by atoms with Crippen molar-refractivity contribution in [3.63, 3.8) is 0 Å². The second-order valence-corrected chi connectivity index (χ2v) is 6.18. The number of hydrogen-bond acceptors (Lipinski definition) is 3. The van der Waals surface area contributed by atoms with Crippen LogP contribution >= 0.6 is 11.6 Å². The van der Waals surface area contributed by atoms with Crippen molar-refractivity contribution in [2.45, 2.75) is 19.3 Å². The standard InChI is InChI=1S/C17H23ClFNO3/c1-22-9-10-23-12-13-5-7-20(8-6-13)17(21)11-14-15(18)3-2-4-16(14)19/h2-4,13H,5-12H2,1H3. The van der Waals surface area contributed by atoms with E-state index in [1.807, 2.05) is 0 Å². The summed E-state index contributed by atoms with van der Waals surface area (Å²) in [5, 5.41) is 0.305. The van der Waals surface area contributed by atoms with E-state index in [0.717, 1.165) is 12.8 Å². The lowest BCUT2D eigenvalue weighted by atomic mass is 9.97. The monoisotopic (exact) mass is 343 g/mol. The van der Waals surface area contributed by atoms with Gasteiger partial charge in [0.1, 0.15) is 5.82 Å². The number of piperidine rings is 1. The Morgan fingerprint density at radius 2 is 2.09 bits per heavy atom. The molecule has 1 aromatic carbocycles. The highest BCUT2D eigenvalue weighted by Gasteiger charge is 2.24. The van der Waals surface area contributed by atoms with Crippen LogP contribution in [-0.2, 0) is 20.7 Å². The van der Waals surface area contributed by atoms with Crippen LogP contribution in [0.2, 0.25) is 5.02 Å². The second kappa shape index (κ2) is 9.21. The fourth-order valence-corrected chi connectivity index (χ4v) is 2.94. The van der Waals surface area contributed by atoms with Crippen molar-refractivity contribution < 1.29 is 18.7 Å². The Kier molecular flexibility index (Phi) is 7.27. The first-order chi connectivity index (χ1) is 11.1. The molecule has 4 nitrogen and oxygen atoms in total. The molecule has 0 bridgehead atoms. The fraction of sp³-hybridized carbons (Fsp3) is 0.588. The molecule has 0 radical (unpaired) electrons. The van der Waals surface area contributed by atoms with E-state index in [-0.39, 0.29) is 17.9 Å². The zero-order chi connectivity index (χ0) is 16.7. The third-order valence-electron chi connectivity index (χ3n) is 4.14. The summed E-state index contributed by atoms with van der Waals surface area (Å²) >= 11 is 5.98. The van der Waals surface area contributed by atoms with E-state index in [9.17, 15) is 9.18 Å². The summed E-state index contributed by atoms with van der Waals surface area (Å²) in [6.07, 6.45) is 1.83. The minimum Gasteiger partial charge on any atom is -0.382 e. The first-order valence-corrected chi connectivity index (χ1v) is 8.27. The average molecular weight is 344 g/mol. The SMILES string of the molecule is COCCOCC1CCN(C(=O)Cc2c(F)cccc2Cl)CC1. The number of likely N-dealkylation sites (tertiary alicyclic amines) is 1. The molecule has 0 aromatic heterocycles. The van der Waals surface area contributed by atoms with Crippen molar-refractivity contribution in [1.82, 2.24) is 4.90 Å². The van der Waals surface area contributed by atoms with Gasteiger partial charge in [0.25, 0.3) is 0 Å². The molecule has 6 heteroatoms. The normalized spacial score (nSPS) is 15.9. The van der Waals surface area contributed by atoms with Gasteiger partial charge in [-0.3, -0.25) is 4.79 Å². The largest absolute Gasteiger partial charge is 0.382 e. The summed E-state index contributed by atoms with van der Waals surface area (Å²) in [5.41, 5.74) is 0.282. The Morgan fingerprint density at radius 1 is 1.35 bits per heavy atom. The highest BCUT2D eigenvalue weighted by Crippen LogP contribution is 2.22. The van der Waals surface area contributed by atoms with Crippen molar-refractivity contribution in [2.75, 3.05) is 40.0 Å². The maximum atomic E-state index is 13.8. The van der Waals surface area contributed by atoms with Gasteiger partial charge in [-0.05, 0) is 30.9 Å². The maximum Gasteiger partial charge on any atom is 0.227 e. The summed E-state index contributed by atoms with van der Waals surface area (Å²) in [7, 11) is 1.65. The molecule has 1 aliphatic rings. The zero-order valence-electron chi connectivity index (χ0n) is 13.4. The number of rotatable bonds is 7. The molecule has 1 fully saturated rings. The topological polar surface area (TPSA) is 38.8 Å². The van der Waals surface area contributed by atoms with Crippen LogP contribution in [0.5, 0.6) is 0 Å². The van der Waals surface area contributed by atoms with E-state index in [0.29, 0.717) is 43.9 Å². The van der Waals surface area contributed by atoms with Gasteiger partial charge in [0.2, 0.25) is 5.91 Å². The minimum absolute atomic E-state index is 0.0144. The third kappa shape index (κ3) is 5.44. The second-order valence-electron chi connectivity index (χ2n) is 5.77. The van der Waals surface area contributed by atoms with Crippen molar-refractivity contribution in [1.29, 1.82) is 0 Å². The van der Waals surface area contributed by atoms with Crippen LogP contribution in [-0.4, -0.2) is 50.8 Å². The quantitative estimate of drug-likeness (QED) is 0.714. The summed E-state index contributed by atoms with van der Waals surface area (Å²) in [5.74, 6) is -0.0315. The van der Waals surface area contributed by atoms with Crippen LogP contribution in [0, 0.1) is 11.7 Å². The Hall–Kier alpha value is -1.17. The van der Waals surface area contributed by atoms with Gasteiger partial charge in [-0.15, -0.1) is 0 Å². The van der Waals surface area contributed by atoms with Gasteiger partial charge < -0.3 is 14.4 Å². The first kappa shape index (κ1) is 18.2. The lowest BCUT2D eigenvalue weighted by Gasteiger charge is -2.32. The summed E-state index contributed by atoms with van der Waals surface area (Å²) < 4.78 is 24.2. The van der Waals surface area contributed by atoms with Gasteiger partial charge in [0, 0.05) is 37.4 Å². The van der Waals surface area contributed by atoms with Crippen molar-refractivity contribution >= 4 is 17.5 Å². The van der Waals surface area contributed by atoms with Crippen molar-refractivity contribution in [3.05, 3.63) is 34.6 Å². The molecule has 128 valence electrons. The number of carbonyl (C=O) groups excluding carboxylic acids is 1. The summed E-state index contributed by atoms with van der Waals surface area (Å²) in [6.45, 7) is 3.26. The average Bonchev–Trinajstić information content (AvgIpc) is 2.55. The number of methoxy groups -OCH3 is 1. The van der Waals surface area contributed by atoms with Crippen molar-refractivity contribution in [2.24, 2.45) is 5.92 Å². The van der Waals surface area contributed by atoms with Gasteiger partial charge in [0.05, 0.1) is 19.6 Å². The number of amides is 1. The molecule has 1 saturated heterocycles. The predicted molar refractivity (Wildman–Crippen MR) is 87.1 cm³/mol. The molecule has 1 aromatic rings. The number of halogens is 2. The Bertz CT molecular complexity index is 498. The van der Waals surface area contributed by atoms with Crippen LogP contribution < -0.4 is 0 Å². The van der Waals surface area contributed by atoms with E-state index >= 15 is 0 Å². The van der Waals surface area contributed by atoms with E-state index in [1.54, 1.807) is 24.1 Å². The Labute approximate surface area is 141 Å². The molecule has 0 atom stereocenters. The Morgan fingerprint density at radius 3 is 2.74 bits per heavy atom. The zero-order valence-corrected chi connectivity index (χ0v) is 14.2. The number of nitrogens with zero attached hydrogens (tertiary/aromatic N) is 1. The molecule has 1 aliphatic heterocycles. The first-order valence-electron chi connectivity index (χ1n) is 7.89. The molecule has 0 spiro atoms. The van der Waals surface area contributed by atoms with Crippen molar-refractivity contribution in [3.8, 4) is 0 Å². The molecule has 0 N–H and O–H groups in total. The lowest BCUT2D eigenvalue weighted by Crippen LogP contribution is -2.40. The molecule has 1 amide bonds. The molecular weight excluding hydrogens is 321 g/mol. The highest BCUT2D eigenvalue weighted by atomic mass is 35.5. The molecule has 0 aliphatic carbocycles. The van der Waals surface area contributed by atoms with Crippen LogP contribution in [0.1, 0.15) is 18.4 Å². The van der Waals surface area contributed by atoms with E-state index < -0.39 is 5.82 Å². The molecule has 0 unspecified atom stereocenters. The van der Waals surface area contributed by atoms with Crippen LogP contribution in [0.3, 0.4) is 0 Å². The predicted octanol–water partition coefficient (Wildman–Crippen LogP) is 2.92. The lowest BCUT2D eigenvalue weighted by molar-refractivity contribution is -0.132. The van der Waals surface area contributed by atoms with Gasteiger partial charge >= 0.3 is 0 Å². The minimum atomic E-state index is -0.424. The van der Waals surface area contributed by atoms with E-state index in [1.165, 1.54) is 6.07 Å². The van der Waals surface area contributed by atoms with Gasteiger partial charge in [0.15, 0.2) is 0 Å². The van der Waals surface area contributed by atoms with Gasteiger partial charge in [-0.25, -0.2) is 4.39 Å². The number of ether oxygens (including phenoxy) is 2. The number of carbonyl (C=O) groups is 1. The summed E-state index contributed by atoms with van der Waals surface area (Å²) in [4.78, 5) is 14.1. The Balaban J connectivity index is 1.77. The maximum absolute atomic E-state index is 13.8. The highest BCUT2D eigenvalue weighted by molar-refractivity contribution is 6.31. The number of benzene rings is 1. The molecule has 1 heterocycles. The van der Waals surface area contributed by atoms with Crippen LogP contribution in [0.15, 0.2) is 18.2 Å². The van der Waals surface area contributed by atoms with Crippen LogP contribution in [0.4, 0.5) is 4.39 Å². The smallest absolute Gasteiger partial charge is 0.227 e. The fourth-order valence-electron chi connectivity index (χ4n) is 2.71. The molecule has 0 saturated carbocycles. The van der Waals surface area contributed by atoms with Crippen LogP contribution in [0.25, 0.3) is 0 Å². The van der Waals surface area contributed by atoms with Gasteiger partial charge in [-0.2, -0.15) is 0 Å². The summed E-state index contributed by atoms with van der Waals surface area (Å²) in [6, 6.07) is 4.48. The molecule has 2 rings (SSSR count). The van der Waals surface area contributed by atoms with E-state index in [4.69, 9.17) is 21.1 Å². The number of hydrogen-bond donors (Lipinski definition) is 0. The molecule has 23 heavy (non-hydrogen) atoms. The molecular formula is C17H23ClFNO3. The van der Waals surface area contributed by atoms with Gasteiger partial charge in [-0.1, -0.05) is 17.7 Å². The van der Waals surface area contributed by atoms with E-state index in [2.05, 4.69) is 0 Å².